The zero-order chi connectivity index (χ0) is 24.0. The Labute approximate surface area is 192 Å². The van der Waals surface area contributed by atoms with Crippen molar-refractivity contribution in [3.05, 3.63) is 35.0 Å². The number of esters is 2. The highest BCUT2D eigenvalue weighted by molar-refractivity contribution is 5.95. The number of methoxy groups -OCH3 is 1. The first-order valence-corrected chi connectivity index (χ1v) is 11.1. The van der Waals surface area contributed by atoms with Gasteiger partial charge >= 0.3 is 18.0 Å². The van der Waals surface area contributed by atoms with E-state index < -0.39 is 18.0 Å². The third kappa shape index (κ3) is 5.75. The first-order valence-electron chi connectivity index (χ1n) is 11.1. The Bertz CT molecular complexity index is 923. The lowest BCUT2D eigenvalue weighted by Gasteiger charge is -2.34. The van der Waals surface area contributed by atoms with Gasteiger partial charge in [0, 0.05) is 12.2 Å². The van der Waals surface area contributed by atoms with Crippen LogP contribution in [0.25, 0.3) is 0 Å². The average molecular weight is 462 g/mol. The molecule has 3 N–H and O–H groups in total. The molecule has 2 aliphatic heterocycles. The van der Waals surface area contributed by atoms with E-state index in [9.17, 15) is 19.5 Å². The quantitative estimate of drug-likeness (QED) is 0.501. The molecule has 3 rings (SSSR count). The van der Waals surface area contributed by atoms with E-state index >= 15 is 0 Å². The number of likely N-dealkylation sites (tertiary alicyclic amines) is 1. The number of amides is 2. The Morgan fingerprint density at radius 3 is 2.55 bits per heavy atom. The molecule has 1 unspecified atom stereocenters. The number of nitrogens with zero attached hydrogens (tertiary/aromatic N) is 1. The van der Waals surface area contributed by atoms with Gasteiger partial charge in [0.15, 0.2) is 11.5 Å². The van der Waals surface area contributed by atoms with E-state index in [0.29, 0.717) is 57.0 Å². The molecule has 1 aromatic carbocycles. The van der Waals surface area contributed by atoms with Crippen LogP contribution in [0.4, 0.5) is 4.79 Å². The van der Waals surface area contributed by atoms with Gasteiger partial charge in [0.25, 0.3) is 0 Å². The lowest BCUT2D eigenvalue weighted by molar-refractivity contribution is -0.149. The molecule has 10 nitrogen and oxygen atoms in total. The van der Waals surface area contributed by atoms with E-state index in [-0.39, 0.29) is 29.0 Å². The van der Waals surface area contributed by atoms with Gasteiger partial charge in [0.05, 0.1) is 37.9 Å². The number of urea groups is 1. The number of aromatic hydroxyl groups is 1. The van der Waals surface area contributed by atoms with Crippen LogP contribution >= 0.6 is 0 Å². The van der Waals surface area contributed by atoms with Crippen molar-refractivity contribution in [1.82, 2.24) is 15.5 Å². The molecule has 0 bridgehead atoms. The minimum atomic E-state index is -0.780. The van der Waals surface area contributed by atoms with E-state index in [2.05, 4.69) is 15.5 Å². The first-order chi connectivity index (χ1) is 15.9. The Morgan fingerprint density at radius 2 is 1.91 bits per heavy atom. The van der Waals surface area contributed by atoms with Crippen molar-refractivity contribution >= 4 is 18.0 Å². The third-order valence-electron chi connectivity index (χ3n) is 5.77. The van der Waals surface area contributed by atoms with Crippen molar-refractivity contribution in [2.45, 2.75) is 32.7 Å². The van der Waals surface area contributed by atoms with Crippen molar-refractivity contribution < 1.29 is 33.7 Å². The smallest absolute Gasteiger partial charge is 0.338 e. The molecule has 0 radical (unpaired) electrons. The molecule has 2 heterocycles. The molecule has 180 valence electrons. The highest BCUT2D eigenvalue weighted by atomic mass is 16.5. The van der Waals surface area contributed by atoms with E-state index in [1.54, 1.807) is 26.0 Å². The molecule has 0 aromatic heterocycles. The molecule has 1 aromatic rings. The zero-order valence-electron chi connectivity index (χ0n) is 19.2. The minimum Gasteiger partial charge on any atom is -0.504 e. The van der Waals surface area contributed by atoms with Crippen LogP contribution in [0.1, 0.15) is 38.3 Å². The second kappa shape index (κ2) is 11.0. The first kappa shape index (κ1) is 24.4. The number of piperidine rings is 1. The number of rotatable bonds is 8. The minimum absolute atomic E-state index is 0.0332. The number of nitrogens with one attached hydrogen (secondary N) is 2. The molecule has 0 saturated carbocycles. The van der Waals surface area contributed by atoms with Gasteiger partial charge in [-0.1, -0.05) is 6.07 Å². The van der Waals surface area contributed by atoms with Crippen LogP contribution < -0.4 is 15.4 Å². The number of hydrogen-bond acceptors (Lipinski definition) is 8. The fraction of sp³-hybridized carbons (Fsp3) is 0.522. The molecule has 2 aliphatic rings. The van der Waals surface area contributed by atoms with Crippen molar-refractivity contribution in [1.29, 1.82) is 0 Å². The molecule has 1 saturated heterocycles. The van der Waals surface area contributed by atoms with Crippen molar-refractivity contribution in [2.75, 3.05) is 40.0 Å². The summed E-state index contributed by atoms with van der Waals surface area (Å²) in [6.07, 6.45) is 1.29. The highest BCUT2D eigenvalue weighted by Gasteiger charge is 2.35. The summed E-state index contributed by atoms with van der Waals surface area (Å²) in [6.45, 7) is 5.86. The summed E-state index contributed by atoms with van der Waals surface area (Å²) in [5, 5.41) is 15.5. The molecular formula is C23H31N3O7. The van der Waals surface area contributed by atoms with Crippen molar-refractivity contribution in [2.24, 2.45) is 5.92 Å². The molecule has 0 spiro atoms. The maximum Gasteiger partial charge on any atom is 0.338 e. The second-order valence-corrected chi connectivity index (χ2v) is 7.88. The van der Waals surface area contributed by atoms with E-state index in [1.165, 1.54) is 13.2 Å². The average Bonchev–Trinajstić information content (AvgIpc) is 2.80. The number of carbonyl (C=O) groups is 3. The molecule has 2 amide bonds. The molecule has 1 fully saturated rings. The van der Waals surface area contributed by atoms with Crippen LogP contribution in [0.2, 0.25) is 0 Å². The van der Waals surface area contributed by atoms with E-state index in [1.807, 2.05) is 0 Å². The van der Waals surface area contributed by atoms with E-state index in [4.69, 9.17) is 14.2 Å². The van der Waals surface area contributed by atoms with Crippen LogP contribution in [0, 0.1) is 5.92 Å². The van der Waals surface area contributed by atoms with Gasteiger partial charge < -0.3 is 30.0 Å². The normalized spacial score (nSPS) is 19.5. The Morgan fingerprint density at radius 1 is 1.18 bits per heavy atom. The Kier molecular flexibility index (Phi) is 8.16. The Hall–Kier alpha value is -3.27. The van der Waals surface area contributed by atoms with Crippen LogP contribution in [-0.2, 0) is 19.1 Å². The largest absolute Gasteiger partial charge is 0.504 e. The Balaban J connectivity index is 1.86. The van der Waals surface area contributed by atoms with Gasteiger partial charge in [-0.05, 0) is 57.5 Å². The summed E-state index contributed by atoms with van der Waals surface area (Å²) in [5.74, 6) is -0.669. The lowest BCUT2D eigenvalue weighted by Crippen LogP contribution is -2.49. The predicted octanol–water partition coefficient (Wildman–Crippen LogP) is 1.85. The van der Waals surface area contributed by atoms with Gasteiger partial charge in [0.1, 0.15) is 0 Å². The summed E-state index contributed by atoms with van der Waals surface area (Å²) in [6, 6.07) is 3.46. The lowest BCUT2D eigenvalue weighted by atomic mass is 9.93. The monoisotopic (exact) mass is 461 g/mol. The zero-order valence-corrected chi connectivity index (χ0v) is 19.2. The number of carbonyl (C=O) groups excluding carboxylic acids is 3. The summed E-state index contributed by atoms with van der Waals surface area (Å²) in [7, 11) is 1.29. The van der Waals surface area contributed by atoms with Gasteiger partial charge in [-0.25, -0.2) is 9.59 Å². The van der Waals surface area contributed by atoms with Gasteiger partial charge in [0.2, 0.25) is 0 Å². The molecule has 0 aliphatic carbocycles. The van der Waals surface area contributed by atoms with Gasteiger partial charge in [-0.3, -0.25) is 9.69 Å². The van der Waals surface area contributed by atoms with Crippen LogP contribution in [0.3, 0.4) is 0 Å². The summed E-state index contributed by atoms with van der Waals surface area (Å²) in [5.41, 5.74) is 1.29. The predicted molar refractivity (Wildman–Crippen MR) is 119 cm³/mol. The maximum atomic E-state index is 12.8. The fourth-order valence-electron chi connectivity index (χ4n) is 4.14. The molecule has 33 heavy (non-hydrogen) atoms. The van der Waals surface area contributed by atoms with Gasteiger partial charge in [-0.15, -0.1) is 0 Å². The van der Waals surface area contributed by atoms with E-state index in [0.717, 1.165) is 0 Å². The molecule has 10 heteroatoms. The number of phenols is 1. The maximum absolute atomic E-state index is 12.8. The number of benzene rings is 1. The second-order valence-electron chi connectivity index (χ2n) is 7.88. The van der Waals surface area contributed by atoms with Crippen LogP contribution in [-0.4, -0.2) is 67.9 Å². The standard InChI is InChI=1S/C23H31N3O7/c1-4-32-18-12-15(6-7-17(18)27)20-19(22(29)31-3)16(24-23(30)25-20)13-26-10-8-14(9-11-26)21(28)33-5-2/h6-7,12,14,20,27H,4-5,8-11,13H2,1-3H3,(H2,24,25,30). The number of hydrogen-bond donors (Lipinski definition) is 3. The summed E-state index contributed by atoms with van der Waals surface area (Å²) >= 11 is 0. The van der Waals surface area contributed by atoms with Gasteiger partial charge in [-0.2, -0.15) is 0 Å². The fourth-order valence-corrected chi connectivity index (χ4v) is 4.14. The highest BCUT2D eigenvalue weighted by Crippen LogP contribution is 2.34. The topological polar surface area (TPSA) is 126 Å². The van der Waals surface area contributed by atoms with Crippen molar-refractivity contribution in [3.8, 4) is 11.5 Å². The van der Waals surface area contributed by atoms with Crippen molar-refractivity contribution in [3.63, 3.8) is 0 Å². The SMILES string of the molecule is CCOC(=O)C1CCN(CC2=C(C(=O)OC)C(c3ccc(O)c(OCC)c3)NC(=O)N2)CC1. The molecule has 1 atom stereocenters. The van der Waals surface area contributed by atoms with Crippen LogP contribution in [0.5, 0.6) is 11.5 Å². The number of phenolic OH excluding ortho intramolecular Hbond substituents is 1. The third-order valence-corrected chi connectivity index (χ3v) is 5.77. The van der Waals surface area contributed by atoms with Crippen LogP contribution in [0.15, 0.2) is 29.5 Å². The number of ether oxygens (including phenoxy) is 3. The summed E-state index contributed by atoms with van der Waals surface area (Å²) < 4.78 is 15.6. The molecular weight excluding hydrogens is 430 g/mol. The summed E-state index contributed by atoms with van der Waals surface area (Å²) in [4.78, 5) is 39.3.